The van der Waals surface area contributed by atoms with Gasteiger partial charge in [-0.3, -0.25) is 0 Å². The molecule has 1 unspecified atom stereocenters. The maximum atomic E-state index is 4.32. The molecule has 0 aromatic carbocycles. The van der Waals surface area contributed by atoms with Gasteiger partial charge in [-0.1, -0.05) is 45.9 Å². The normalized spacial score (nSPS) is 40.1. The first-order valence-corrected chi connectivity index (χ1v) is 6.25. The smallest absolute Gasteiger partial charge is 0.00452 e. The van der Waals surface area contributed by atoms with E-state index in [1.165, 1.54) is 43.3 Å². The third kappa shape index (κ3) is 1.49. The predicted octanol–water partition coefficient (Wildman–Crippen LogP) is 4.73. The molecule has 0 amide bonds. The molecular formula is C15H24. The minimum Gasteiger partial charge on any atom is -0.0956 e. The van der Waals surface area contributed by atoms with Crippen LogP contribution < -0.4 is 0 Å². The zero-order valence-electron chi connectivity index (χ0n) is 10.5. The van der Waals surface area contributed by atoms with Gasteiger partial charge >= 0.3 is 0 Å². The molecule has 0 nitrogen and oxygen atoms in total. The van der Waals surface area contributed by atoms with E-state index in [-0.39, 0.29) is 0 Å². The van der Waals surface area contributed by atoms with Gasteiger partial charge in [0.15, 0.2) is 0 Å². The molecule has 2 fully saturated rings. The molecule has 2 atom stereocenters. The summed E-state index contributed by atoms with van der Waals surface area (Å²) in [5, 5.41) is 0. The van der Waals surface area contributed by atoms with Crippen molar-refractivity contribution in [2.75, 3.05) is 0 Å². The Morgan fingerprint density at radius 2 is 1.80 bits per heavy atom. The number of hydrogen-bond donors (Lipinski definition) is 0. The molecule has 15 heavy (non-hydrogen) atoms. The second kappa shape index (κ2) is 3.23. The molecule has 2 saturated carbocycles. The molecule has 0 spiro atoms. The summed E-state index contributed by atoms with van der Waals surface area (Å²) >= 11 is 0. The molecule has 0 N–H and O–H groups in total. The number of fused-ring (bicyclic) bond motifs is 1. The average molecular weight is 204 g/mol. The van der Waals surface area contributed by atoms with Crippen LogP contribution in [0, 0.1) is 16.7 Å². The maximum absolute atomic E-state index is 4.32. The van der Waals surface area contributed by atoms with E-state index in [9.17, 15) is 0 Å². The third-order valence-electron chi connectivity index (χ3n) is 5.08. The summed E-state index contributed by atoms with van der Waals surface area (Å²) in [4.78, 5) is 0. The van der Waals surface area contributed by atoms with Crippen molar-refractivity contribution in [1.29, 1.82) is 0 Å². The molecule has 0 bridgehead atoms. The monoisotopic (exact) mass is 204 g/mol. The number of rotatable bonds is 0. The maximum Gasteiger partial charge on any atom is -0.00452 e. The van der Waals surface area contributed by atoms with Gasteiger partial charge in [0.05, 0.1) is 0 Å². The van der Waals surface area contributed by atoms with E-state index >= 15 is 0 Å². The van der Waals surface area contributed by atoms with E-state index in [1.807, 2.05) is 0 Å². The first-order valence-electron chi connectivity index (χ1n) is 6.25. The van der Waals surface area contributed by atoms with Crippen LogP contribution in [0.1, 0.15) is 52.9 Å². The Hall–Kier alpha value is -0.520. The lowest BCUT2D eigenvalue weighted by molar-refractivity contribution is 0.0135. The lowest BCUT2D eigenvalue weighted by atomic mass is 9.50. The summed E-state index contributed by atoms with van der Waals surface area (Å²) in [5.41, 5.74) is 3.51. The van der Waals surface area contributed by atoms with Gasteiger partial charge in [-0.25, -0.2) is 0 Å². The molecule has 2 aliphatic carbocycles. The van der Waals surface area contributed by atoms with Gasteiger partial charge in [-0.15, -0.1) is 0 Å². The second-order valence-electron chi connectivity index (χ2n) is 6.43. The Morgan fingerprint density at radius 3 is 2.47 bits per heavy atom. The fourth-order valence-electron chi connectivity index (χ4n) is 4.07. The molecule has 2 aliphatic rings. The van der Waals surface area contributed by atoms with Gasteiger partial charge in [0.1, 0.15) is 0 Å². The van der Waals surface area contributed by atoms with Crippen LogP contribution in [0.3, 0.4) is 0 Å². The number of hydrogen-bond acceptors (Lipinski definition) is 0. The van der Waals surface area contributed by atoms with Gasteiger partial charge in [-0.2, -0.15) is 0 Å². The Morgan fingerprint density at radius 1 is 1.13 bits per heavy atom. The predicted molar refractivity (Wildman–Crippen MR) is 66.7 cm³/mol. The lowest BCUT2D eigenvalue weighted by Crippen LogP contribution is -2.45. The SMILES string of the molecule is C=C1CC[C@H]2C(C)(C)CCCC2(C)C1=C. The van der Waals surface area contributed by atoms with Crippen molar-refractivity contribution in [2.24, 2.45) is 16.7 Å². The van der Waals surface area contributed by atoms with Crippen molar-refractivity contribution in [3.63, 3.8) is 0 Å². The standard InChI is InChI=1S/C15H24/c1-11-7-8-13-14(3,4)9-6-10-15(13,5)12(11)2/h13H,1-2,6-10H2,3-5H3/t13-,15?/m0/s1. The Balaban J connectivity index is 2.38. The minimum atomic E-state index is 0.344. The molecule has 0 heteroatoms. The highest BCUT2D eigenvalue weighted by Crippen LogP contribution is 2.60. The van der Waals surface area contributed by atoms with Crippen molar-refractivity contribution < 1.29 is 0 Å². The van der Waals surface area contributed by atoms with Crippen molar-refractivity contribution in [1.82, 2.24) is 0 Å². The van der Waals surface area contributed by atoms with Crippen molar-refractivity contribution >= 4 is 0 Å². The molecule has 84 valence electrons. The van der Waals surface area contributed by atoms with E-state index < -0.39 is 0 Å². The minimum absolute atomic E-state index is 0.344. The topological polar surface area (TPSA) is 0 Å². The van der Waals surface area contributed by atoms with E-state index in [0.717, 1.165) is 5.92 Å². The molecule has 0 aliphatic heterocycles. The summed E-state index contributed by atoms with van der Waals surface area (Å²) in [6.45, 7) is 15.8. The number of allylic oxidation sites excluding steroid dienone is 2. The fourth-order valence-corrected chi connectivity index (χ4v) is 4.07. The van der Waals surface area contributed by atoms with Crippen LogP contribution in [0.2, 0.25) is 0 Å². The fraction of sp³-hybridized carbons (Fsp3) is 0.733. The zero-order valence-corrected chi connectivity index (χ0v) is 10.5. The van der Waals surface area contributed by atoms with Crippen molar-refractivity contribution in [2.45, 2.75) is 52.9 Å². The zero-order chi connectivity index (χ0) is 11.3. The summed E-state index contributed by atoms with van der Waals surface area (Å²) in [7, 11) is 0. The lowest BCUT2D eigenvalue weighted by Gasteiger charge is -2.55. The highest BCUT2D eigenvalue weighted by Gasteiger charge is 2.49. The quantitative estimate of drug-likeness (QED) is 0.535. The van der Waals surface area contributed by atoms with E-state index in [1.54, 1.807) is 0 Å². The van der Waals surface area contributed by atoms with E-state index in [4.69, 9.17) is 0 Å². The van der Waals surface area contributed by atoms with Gasteiger partial charge < -0.3 is 0 Å². The van der Waals surface area contributed by atoms with E-state index in [0.29, 0.717) is 10.8 Å². The molecule has 0 radical (unpaired) electrons. The van der Waals surface area contributed by atoms with Gasteiger partial charge in [-0.05, 0) is 48.0 Å². The molecule has 0 saturated heterocycles. The van der Waals surface area contributed by atoms with Crippen molar-refractivity contribution in [3.05, 3.63) is 24.3 Å². The Kier molecular flexibility index (Phi) is 2.37. The van der Waals surface area contributed by atoms with Crippen LogP contribution in [-0.2, 0) is 0 Å². The van der Waals surface area contributed by atoms with Crippen molar-refractivity contribution in [3.8, 4) is 0 Å². The van der Waals surface area contributed by atoms with Crippen LogP contribution in [-0.4, -0.2) is 0 Å². The van der Waals surface area contributed by atoms with Crippen LogP contribution in [0.25, 0.3) is 0 Å². The largest absolute Gasteiger partial charge is 0.0956 e. The first-order chi connectivity index (χ1) is 6.88. The molecular weight excluding hydrogens is 180 g/mol. The third-order valence-corrected chi connectivity index (χ3v) is 5.08. The average Bonchev–Trinajstić information content (AvgIpc) is 2.12. The Labute approximate surface area is 94.5 Å². The Bertz CT molecular complexity index is 308. The van der Waals surface area contributed by atoms with E-state index in [2.05, 4.69) is 33.9 Å². The summed E-state index contributed by atoms with van der Waals surface area (Å²) in [6.07, 6.45) is 6.54. The molecule has 0 aromatic rings. The first kappa shape index (κ1) is 11.0. The highest BCUT2D eigenvalue weighted by molar-refractivity contribution is 5.36. The van der Waals surface area contributed by atoms with Crippen LogP contribution in [0.15, 0.2) is 24.3 Å². The summed E-state index contributed by atoms with van der Waals surface area (Å²) in [5.74, 6) is 0.816. The second-order valence-corrected chi connectivity index (χ2v) is 6.43. The molecule has 0 heterocycles. The van der Waals surface area contributed by atoms with Crippen LogP contribution >= 0.6 is 0 Å². The van der Waals surface area contributed by atoms with Crippen LogP contribution in [0.4, 0.5) is 0 Å². The van der Waals surface area contributed by atoms with Gasteiger partial charge in [0.2, 0.25) is 0 Å². The summed E-state index contributed by atoms with van der Waals surface area (Å²) in [6, 6.07) is 0. The van der Waals surface area contributed by atoms with Crippen LogP contribution in [0.5, 0.6) is 0 Å². The molecule has 2 rings (SSSR count). The van der Waals surface area contributed by atoms with Gasteiger partial charge in [0.25, 0.3) is 0 Å². The molecule has 0 aromatic heterocycles. The highest BCUT2D eigenvalue weighted by atomic mass is 14.5. The summed E-state index contributed by atoms with van der Waals surface area (Å²) < 4.78 is 0. The van der Waals surface area contributed by atoms with Gasteiger partial charge in [0, 0.05) is 0 Å².